The quantitative estimate of drug-likeness (QED) is 0.475. The van der Waals surface area contributed by atoms with Gasteiger partial charge in [-0.2, -0.15) is 0 Å². The van der Waals surface area contributed by atoms with E-state index in [-0.39, 0.29) is 29.5 Å². The highest BCUT2D eigenvalue weighted by Gasteiger charge is 2.30. The molecule has 1 atom stereocenters. The van der Waals surface area contributed by atoms with Gasteiger partial charge in [0.2, 0.25) is 5.91 Å². The molecular formula is C29H33F2N3O. The number of nitrogens with zero attached hydrogens (tertiary/aromatic N) is 2. The summed E-state index contributed by atoms with van der Waals surface area (Å²) in [5.41, 5.74) is 3.05. The van der Waals surface area contributed by atoms with Crippen LogP contribution in [0, 0.1) is 23.5 Å². The number of amides is 1. The number of piperidine rings is 1. The number of hydrogen-bond acceptors (Lipinski definition) is 3. The monoisotopic (exact) mass is 477 g/mol. The van der Waals surface area contributed by atoms with Crippen LogP contribution in [-0.4, -0.2) is 30.0 Å². The Morgan fingerprint density at radius 1 is 0.943 bits per heavy atom. The molecule has 0 spiro atoms. The van der Waals surface area contributed by atoms with Crippen LogP contribution in [0.5, 0.6) is 0 Å². The van der Waals surface area contributed by atoms with Gasteiger partial charge in [-0.25, -0.2) is 8.78 Å². The average Bonchev–Trinajstić information content (AvgIpc) is 2.89. The number of hydrogen-bond donors (Lipinski definition) is 1. The number of fused-ring (bicyclic) bond motifs is 1. The molecule has 1 amide bonds. The second-order valence-electron chi connectivity index (χ2n) is 10.2. The molecule has 2 fully saturated rings. The van der Waals surface area contributed by atoms with Crippen LogP contribution < -0.4 is 10.2 Å². The summed E-state index contributed by atoms with van der Waals surface area (Å²) in [6.07, 6.45) is 7.63. The van der Waals surface area contributed by atoms with Crippen molar-refractivity contribution in [1.82, 2.24) is 10.3 Å². The predicted molar refractivity (Wildman–Crippen MR) is 135 cm³/mol. The minimum Gasteiger partial charge on any atom is -0.371 e. The normalized spacial score (nSPS) is 22.2. The van der Waals surface area contributed by atoms with Gasteiger partial charge in [-0.15, -0.1) is 0 Å². The van der Waals surface area contributed by atoms with E-state index in [2.05, 4.69) is 22.1 Å². The Labute approximate surface area is 205 Å². The maximum Gasteiger partial charge on any atom is 0.223 e. The summed E-state index contributed by atoms with van der Waals surface area (Å²) in [6, 6.07) is 13.6. The topological polar surface area (TPSA) is 45.2 Å². The van der Waals surface area contributed by atoms with Gasteiger partial charge < -0.3 is 10.2 Å². The molecule has 1 N–H and O–H groups in total. The first-order chi connectivity index (χ1) is 17.0. The molecule has 2 aliphatic rings. The molecule has 2 aromatic carbocycles. The second-order valence-corrected chi connectivity index (χ2v) is 10.2. The van der Waals surface area contributed by atoms with Gasteiger partial charge in [0.1, 0.15) is 11.6 Å². The summed E-state index contributed by atoms with van der Waals surface area (Å²) in [5, 5.41) is 4.23. The third-order valence-corrected chi connectivity index (χ3v) is 8.08. The fraction of sp³-hybridized carbons (Fsp3) is 0.448. The van der Waals surface area contributed by atoms with Crippen molar-refractivity contribution in [3.05, 3.63) is 71.9 Å². The lowest BCUT2D eigenvalue weighted by atomic mass is 9.75. The van der Waals surface area contributed by atoms with Crippen LogP contribution in [0.25, 0.3) is 10.9 Å². The lowest BCUT2D eigenvalue weighted by Gasteiger charge is -2.36. The molecule has 1 aromatic heterocycles. The zero-order chi connectivity index (χ0) is 24.4. The molecule has 6 heteroatoms. The fourth-order valence-corrected chi connectivity index (χ4v) is 5.94. The maximum atomic E-state index is 13.9. The molecule has 3 aromatic rings. The molecule has 1 aliphatic heterocycles. The summed E-state index contributed by atoms with van der Waals surface area (Å²) < 4.78 is 27.1. The summed E-state index contributed by atoms with van der Waals surface area (Å²) >= 11 is 0. The Balaban J connectivity index is 1.12. The van der Waals surface area contributed by atoms with Gasteiger partial charge in [0.25, 0.3) is 0 Å². The number of carbonyl (C=O) groups is 1. The molecule has 184 valence electrons. The number of benzene rings is 2. The third kappa shape index (κ3) is 5.31. The SMILES string of the molecule is C[C@@H](NC(=O)C1CCN(c2ccc(F)cc2)CC1)C1CCC(c2ccnc3ccc(F)cc23)CC1. The molecule has 1 aliphatic carbocycles. The number of aromatic nitrogens is 1. The van der Waals surface area contributed by atoms with Crippen LogP contribution in [0.2, 0.25) is 0 Å². The van der Waals surface area contributed by atoms with E-state index < -0.39 is 0 Å². The van der Waals surface area contributed by atoms with Gasteiger partial charge in [-0.3, -0.25) is 9.78 Å². The molecular weight excluding hydrogens is 444 g/mol. The average molecular weight is 478 g/mol. The van der Waals surface area contributed by atoms with E-state index in [1.165, 1.54) is 23.8 Å². The van der Waals surface area contributed by atoms with Gasteiger partial charge in [0, 0.05) is 42.3 Å². The highest BCUT2D eigenvalue weighted by Crippen LogP contribution is 2.39. The van der Waals surface area contributed by atoms with Crippen molar-refractivity contribution in [2.24, 2.45) is 11.8 Å². The van der Waals surface area contributed by atoms with E-state index in [1.54, 1.807) is 24.3 Å². The lowest BCUT2D eigenvalue weighted by molar-refractivity contribution is -0.126. The van der Waals surface area contributed by atoms with Gasteiger partial charge in [-0.05, 0) is 111 Å². The van der Waals surface area contributed by atoms with Crippen molar-refractivity contribution in [2.75, 3.05) is 18.0 Å². The largest absolute Gasteiger partial charge is 0.371 e. The number of anilines is 1. The number of halogens is 2. The van der Waals surface area contributed by atoms with Crippen molar-refractivity contribution in [1.29, 1.82) is 0 Å². The van der Waals surface area contributed by atoms with Crippen molar-refractivity contribution in [3.8, 4) is 0 Å². The summed E-state index contributed by atoms with van der Waals surface area (Å²) in [6.45, 7) is 3.75. The molecule has 35 heavy (non-hydrogen) atoms. The Morgan fingerprint density at radius 2 is 1.63 bits per heavy atom. The van der Waals surface area contributed by atoms with Crippen LogP contribution in [0.3, 0.4) is 0 Å². The molecule has 0 bridgehead atoms. The Hall–Kier alpha value is -3.02. The number of pyridine rings is 1. The highest BCUT2D eigenvalue weighted by atomic mass is 19.1. The zero-order valence-corrected chi connectivity index (χ0v) is 20.2. The number of carbonyl (C=O) groups excluding carboxylic acids is 1. The van der Waals surface area contributed by atoms with Crippen molar-refractivity contribution in [2.45, 2.75) is 57.4 Å². The molecule has 0 unspecified atom stereocenters. The van der Waals surface area contributed by atoms with E-state index in [4.69, 9.17) is 0 Å². The van der Waals surface area contributed by atoms with Gasteiger partial charge in [0.05, 0.1) is 5.52 Å². The Kier molecular flexibility index (Phi) is 6.98. The van der Waals surface area contributed by atoms with Crippen LogP contribution in [0.4, 0.5) is 14.5 Å². The Morgan fingerprint density at radius 3 is 2.34 bits per heavy atom. The van der Waals surface area contributed by atoms with Crippen LogP contribution >= 0.6 is 0 Å². The molecule has 1 saturated heterocycles. The molecule has 0 radical (unpaired) electrons. The van der Waals surface area contributed by atoms with Crippen molar-refractivity contribution < 1.29 is 13.6 Å². The Bertz CT molecular complexity index is 1170. The zero-order valence-electron chi connectivity index (χ0n) is 20.2. The smallest absolute Gasteiger partial charge is 0.223 e. The molecule has 5 rings (SSSR count). The standard InChI is InChI=1S/C29H33F2N3O/c1-19(33-29(35)22-13-16-34(17-14-22)25-9-6-23(30)7-10-25)20-2-4-21(5-3-20)26-12-15-32-28-11-8-24(31)18-27(26)28/h6-12,15,18-22H,2-5,13-14,16-17H2,1H3,(H,33,35)/t19-,20?,21?/m1/s1. The van der Waals surface area contributed by atoms with E-state index in [1.807, 2.05) is 12.3 Å². The minimum absolute atomic E-state index is 0.0311. The van der Waals surface area contributed by atoms with Crippen LogP contribution in [0.1, 0.15) is 56.9 Å². The van der Waals surface area contributed by atoms with Crippen molar-refractivity contribution in [3.63, 3.8) is 0 Å². The predicted octanol–water partition coefficient (Wildman–Crippen LogP) is 6.21. The summed E-state index contributed by atoms with van der Waals surface area (Å²) in [7, 11) is 0. The summed E-state index contributed by atoms with van der Waals surface area (Å²) in [5.74, 6) is 0.600. The lowest BCUT2D eigenvalue weighted by Crippen LogP contribution is -2.45. The number of nitrogens with one attached hydrogen (secondary N) is 1. The van der Waals surface area contributed by atoms with E-state index in [0.29, 0.717) is 11.8 Å². The first-order valence-electron chi connectivity index (χ1n) is 12.8. The minimum atomic E-state index is -0.228. The first kappa shape index (κ1) is 23.7. The third-order valence-electron chi connectivity index (χ3n) is 8.08. The maximum absolute atomic E-state index is 13.9. The highest BCUT2D eigenvalue weighted by molar-refractivity contribution is 5.82. The molecule has 4 nitrogen and oxygen atoms in total. The van der Waals surface area contributed by atoms with Gasteiger partial charge >= 0.3 is 0 Å². The van der Waals surface area contributed by atoms with Gasteiger partial charge in [-0.1, -0.05) is 0 Å². The van der Waals surface area contributed by atoms with Crippen molar-refractivity contribution >= 4 is 22.5 Å². The first-order valence-corrected chi connectivity index (χ1v) is 12.8. The second kappa shape index (κ2) is 10.3. The van der Waals surface area contributed by atoms with Crippen LogP contribution in [-0.2, 0) is 4.79 Å². The molecule has 1 saturated carbocycles. The van der Waals surface area contributed by atoms with Gasteiger partial charge in [0.15, 0.2) is 0 Å². The number of rotatable bonds is 5. The van der Waals surface area contributed by atoms with Crippen LogP contribution in [0.15, 0.2) is 54.7 Å². The summed E-state index contributed by atoms with van der Waals surface area (Å²) in [4.78, 5) is 19.6. The van der Waals surface area contributed by atoms with E-state index in [0.717, 1.165) is 68.2 Å². The molecule has 2 heterocycles. The van der Waals surface area contributed by atoms with E-state index >= 15 is 0 Å². The fourth-order valence-electron chi connectivity index (χ4n) is 5.94. The van der Waals surface area contributed by atoms with E-state index in [9.17, 15) is 13.6 Å².